The lowest BCUT2D eigenvalue weighted by atomic mass is 9.93. The Labute approximate surface area is 170 Å². The van der Waals surface area contributed by atoms with Crippen molar-refractivity contribution in [2.45, 2.75) is 20.8 Å². The number of hydrogen-bond acceptors (Lipinski definition) is 5. The van der Waals surface area contributed by atoms with Crippen LogP contribution in [0.15, 0.2) is 36.4 Å². The standard InChI is InChI=1S/C22H26N2O5/c1-6-24-15-11-10-14(12-18(15)29-13-22(2,3)21(24)26)23-20(25)19-16(27-4)8-7-9-17(19)28-5/h7-12H,6,13H2,1-5H3,(H,23,25). The number of benzene rings is 2. The lowest BCUT2D eigenvalue weighted by Gasteiger charge is -2.26. The molecule has 0 bridgehead atoms. The number of hydrogen-bond donors (Lipinski definition) is 1. The number of nitrogens with one attached hydrogen (secondary N) is 1. The SMILES string of the molecule is CCN1C(=O)C(C)(C)COc2cc(NC(=O)c3c(OC)cccc3OC)ccc21. The molecule has 1 heterocycles. The predicted octanol–water partition coefficient (Wildman–Crippen LogP) is 3.73. The normalized spacial score (nSPS) is 15.1. The van der Waals surface area contributed by atoms with E-state index in [1.807, 2.05) is 20.8 Å². The Bertz CT molecular complexity index is 917. The van der Waals surface area contributed by atoms with Crippen molar-refractivity contribution in [3.05, 3.63) is 42.0 Å². The summed E-state index contributed by atoms with van der Waals surface area (Å²) in [4.78, 5) is 27.4. The summed E-state index contributed by atoms with van der Waals surface area (Å²) >= 11 is 0. The highest BCUT2D eigenvalue weighted by Crippen LogP contribution is 2.38. The van der Waals surface area contributed by atoms with Crippen LogP contribution in [-0.2, 0) is 4.79 Å². The number of nitrogens with zero attached hydrogens (tertiary/aromatic N) is 1. The van der Waals surface area contributed by atoms with Gasteiger partial charge in [0.15, 0.2) is 0 Å². The van der Waals surface area contributed by atoms with Crippen LogP contribution in [0.1, 0.15) is 31.1 Å². The molecule has 0 spiro atoms. The van der Waals surface area contributed by atoms with Crippen LogP contribution in [0.5, 0.6) is 17.2 Å². The second kappa shape index (κ2) is 8.03. The van der Waals surface area contributed by atoms with Crippen molar-refractivity contribution in [2.24, 2.45) is 5.41 Å². The molecule has 29 heavy (non-hydrogen) atoms. The molecule has 2 amide bonds. The van der Waals surface area contributed by atoms with Gasteiger partial charge in [-0.15, -0.1) is 0 Å². The monoisotopic (exact) mass is 398 g/mol. The van der Waals surface area contributed by atoms with Gasteiger partial charge in [-0.1, -0.05) is 6.07 Å². The fourth-order valence-corrected chi connectivity index (χ4v) is 3.31. The quantitative estimate of drug-likeness (QED) is 0.831. The van der Waals surface area contributed by atoms with Gasteiger partial charge in [-0.05, 0) is 45.0 Å². The van der Waals surface area contributed by atoms with Gasteiger partial charge in [0.25, 0.3) is 5.91 Å². The number of carbonyl (C=O) groups is 2. The molecule has 1 aliphatic heterocycles. The Kier molecular flexibility index (Phi) is 5.68. The van der Waals surface area contributed by atoms with E-state index >= 15 is 0 Å². The average Bonchev–Trinajstić information content (AvgIpc) is 2.81. The van der Waals surface area contributed by atoms with E-state index in [4.69, 9.17) is 14.2 Å². The second-order valence-electron chi connectivity index (χ2n) is 7.40. The number of amides is 2. The van der Waals surface area contributed by atoms with Gasteiger partial charge in [0.05, 0.1) is 25.3 Å². The Morgan fingerprint density at radius 2 is 1.83 bits per heavy atom. The zero-order chi connectivity index (χ0) is 21.2. The largest absolute Gasteiger partial charge is 0.496 e. The van der Waals surface area contributed by atoms with Crippen LogP contribution in [0, 0.1) is 5.41 Å². The molecule has 7 nitrogen and oxygen atoms in total. The summed E-state index contributed by atoms with van der Waals surface area (Å²) in [7, 11) is 3.00. The smallest absolute Gasteiger partial charge is 0.263 e. The van der Waals surface area contributed by atoms with E-state index in [9.17, 15) is 9.59 Å². The van der Waals surface area contributed by atoms with E-state index in [1.54, 1.807) is 41.3 Å². The predicted molar refractivity (Wildman–Crippen MR) is 111 cm³/mol. The Hall–Kier alpha value is -3.22. The third kappa shape index (κ3) is 3.85. The summed E-state index contributed by atoms with van der Waals surface area (Å²) in [5, 5.41) is 2.86. The van der Waals surface area contributed by atoms with Crippen molar-refractivity contribution in [1.82, 2.24) is 0 Å². The van der Waals surface area contributed by atoms with Gasteiger partial charge in [0.2, 0.25) is 5.91 Å². The Morgan fingerprint density at radius 3 is 2.41 bits per heavy atom. The van der Waals surface area contributed by atoms with Crippen LogP contribution in [0.3, 0.4) is 0 Å². The zero-order valence-corrected chi connectivity index (χ0v) is 17.4. The summed E-state index contributed by atoms with van der Waals surface area (Å²) < 4.78 is 16.5. The number of fused-ring (bicyclic) bond motifs is 1. The molecule has 0 saturated heterocycles. The molecule has 0 aromatic heterocycles. The average molecular weight is 398 g/mol. The van der Waals surface area contributed by atoms with Gasteiger partial charge in [-0.3, -0.25) is 9.59 Å². The molecule has 3 rings (SSSR count). The molecule has 0 fully saturated rings. The Balaban J connectivity index is 1.93. The van der Waals surface area contributed by atoms with Gasteiger partial charge in [-0.2, -0.15) is 0 Å². The zero-order valence-electron chi connectivity index (χ0n) is 17.4. The minimum absolute atomic E-state index is 0.00861. The van der Waals surface area contributed by atoms with Crippen LogP contribution in [0.4, 0.5) is 11.4 Å². The molecule has 0 unspecified atom stereocenters. The molecule has 0 radical (unpaired) electrons. The lowest BCUT2D eigenvalue weighted by Crippen LogP contribution is -2.42. The molecule has 154 valence electrons. The Morgan fingerprint density at radius 1 is 1.17 bits per heavy atom. The molecule has 1 N–H and O–H groups in total. The number of ether oxygens (including phenoxy) is 3. The topological polar surface area (TPSA) is 77.1 Å². The van der Waals surface area contributed by atoms with Crippen molar-refractivity contribution < 1.29 is 23.8 Å². The van der Waals surface area contributed by atoms with Crippen molar-refractivity contribution in [3.8, 4) is 17.2 Å². The van der Waals surface area contributed by atoms with Gasteiger partial charge in [-0.25, -0.2) is 0 Å². The molecule has 2 aromatic carbocycles. The highest BCUT2D eigenvalue weighted by molar-refractivity contribution is 6.08. The number of carbonyl (C=O) groups excluding carboxylic acids is 2. The van der Waals surface area contributed by atoms with E-state index < -0.39 is 5.41 Å². The first kappa shape index (κ1) is 20.5. The first-order valence-electron chi connectivity index (χ1n) is 9.43. The van der Waals surface area contributed by atoms with Crippen LogP contribution >= 0.6 is 0 Å². The molecule has 0 atom stereocenters. The van der Waals surface area contributed by atoms with Gasteiger partial charge in [0.1, 0.15) is 29.4 Å². The number of rotatable bonds is 5. The van der Waals surface area contributed by atoms with E-state index in [-0.39, 0.29) is 18.4 Å². The fourth-order valence-electron chi connectivity index (χ4n) is 3.31. The van der Waals surface area contributed by atoms with E-state index in [1.165, 1.54) is 14.2 Å². The summed E-state index contributed by atoms with van der Waals surface area (Å²) in [5.41, 5.74) is 0.907. The van der Waals surface area contributed by atoms with Gasteiger partial charge >= 0.3 is 0 Å². The summed E-state index contributed by atoms with van der Waals surface area (Å²) in [6.45, 7) is 6.43. The molecule has 0 saturated carbocycles. The maximum absolute atomic E-state index is 12.9. The molecule has 0 aliphatic carbocycles. The van der Waals surface area contributed by atoms with Crippen LogP contribution in [0.25, 0.3) is 0 Å². The number of anilines is 2. The molecular formula is C22H26N2O5. The van der Waals surface area contributed by atoms with Gasteiger partial charge in [0, 0.05) is 18.3 Å². The number of methoxy groups -OCH3 is 2. The summed E-state index contributed by atoms with van der Waals surface area (Å²) in [5.74, 6) is 1.02. The first-order chi connectivity index (χ1) is 13.8. The fraction of sp³-hybridized carbons (Fsp3) is 0.364. The molecule has 2 aromatic rings. The second-order valence-corrected chi connectivity index (χ2v) is 7.40. The van der Waals surface area contributed by atoms with Crippen LogP contribution in [0.2, 0.25) is 0 Å². The van der Waals surface area contributed by atoms with E-state index in [0.29, 0.717) is 40.7 Å². The van der Waals surface area contributed by atoms with E-state index in [0.717, 1.165) is 0 Å². The molecular weight excluding hydrogens is 372 g/mol. The van der Waals surface area contributed by atoms with Crippen molar-refractivity contribution in [3.63, 3.8) is 0 Å². The highest BCUT2D eigenvalue weighted by Gasteiger charge is 2.37. The van der Waals surface area contributed by atoms with Crippen LogP contribution < -0.4 is 24.4 Å². The lowest BCUT2D eigenvalue weighted by molar-refractivity contribution is -0.127. The summed E-state index contributed by atoms with van der Waals surface area (Å²) in [6.07, 6.45) is 0. The first-order valence-corrected chi connectivity index (χ1v) is 9.43. The minimum Gasteiger partial charge on any atom is -0.496 e. The van der Waals surface area contributed by atoms with Crippen molar-refractivity contribution >= 4 is 23.2 Å². The third-order valence-corrected chi connectivity index (χ3v) is 4.89. The van der Waals surface area contributed by atoms with Crippen LogP contribution in [-0.4, -0.2) is 39.2 Å². The molecule has 7 heteroatoms. The highest BCUT2D eigenvalue weighted by atomic mass is 16.5. The van der Waals surface area contributed by atoms with Crippen molar-refractivity contribution in [2.75, 3.05) is 37.6 Å². The maximum atomic E-state index is 12.9. The maximum Gasteiger partial charge on any atom is 0.263 e. The van der Waals surface area contributed by atoms with Crippen molar-refractivity contribution in [1.29, 1.82) is 0 Å². The third-order valence-electron chi connectivity index (χ3n) is 4.89. The van der Waals surface area contributed by atoms with E-state index in [2.05, 4.69) is 5.32 Å². The van der Waals surface area contributed by atoms with Gasteiger partial charge < -0.3 is 24.4 Å². The minimum atomic E-state index is -0.636. The molecule has 1 aliphatic rings. The summed E-state index contributed by atoms with van der Waals surface area (Å²) in [6, 6.07) is 10.4.